The number of hydrogen-bond donors (Lipinski definition) is 0. The predicted molar refractivity (Wildman–Crippen MR) is 51.9 cm³/mol. The Balaban J connectivity index is 2.47. The highest BCUT2D eigenvalue weighted by Gasteiger charge is 2.16. The van der Waals surface area contributed by atoms with Crippen LogP contribution in [0.3, 0.4) is 0 Å². The summed E-state index contributed by atoms with van der Waals surface area (Å²) < 4.78 is 2.12. The van der Waals surface area contributed by atoms with Crippen LogP contribution in [0.2, 0.25) is 0 Å². The van der Waals surface area contributed by atoms with E-state index in [0.717, 1.165) is 29.2 Å². The quantitative estimate of drug-likeness (QED) is 0.594. The topological polar surface area (TPSA) is 30.2 Å². The molecule has 0 saturated carbocycles. The lowest BCUT2D eigenvalue weighted by molar-refractivity contribution is 0.985. The van der Waals surface area contributed by atoms with Crippen LogP contribution < -0.4 is 0 Å². The maximum atomic E-state index is 4.49. The minimum Gasteiger partial charge on any atom is -0.283 e. The third kappa shape index (κ3) is 0.786. The molecule has 1 aromatic heterocycles. The monoisotopic (exact) mass is 171 g/mol. The van der Waals surface area contributed by atoms with Crippen molar-refractivity contribution in [2.75, 3.05) is 0 Å². The first-order valence-electron chi connectivity index (χ1n) is 4.34. The van der Waals surface area contributed by atoms with Crippen LogP contribution in [-0.4, -0.2) is 15.4 Å². The Kier molecular flexibility index (Phi) is 1.15. The molecule has 0 spiro atoms. The van der Waals surface area contributed by atoms with E-state index < -0.39 is 0 Å². The highest BCUT2D eigenvalue weighted by Crippen LogP contribution is 2.19. The molecule has 3 nitrogen and oxygen atoms in total. The molecular formula is C10H9N3. The Labute approximate surface area is 75.7 Å². The molecule has 0 aliphatic carbocycles. The molecule has 1 aliphatic rings. The minimum atomic E-state index is 0.723. The van der Waals surface area contributed by atoms with Crippen LogP contribution in [0.1, 0.15) is 12.7 Å². The summed E-state index contributed by atoms with van der Waals surface area (Å²) in [7, 11) is 0. The molecule has 3 rings (SSSR count). The van der Waals surface area contributed by atoms with E-state index in [2.05, 4.69) is 20.6 Å². The molecule has 2 heterocycles. The van der Waals surface area contributed by atoms with Gasteiger partial charge in [0.15, 0.2) is 0 Å². The van der Waals surface area contributed by atoms with Crippen LogP contribution in [0.5, 0.6) is 0 Å². The molecule has 64 valence electrons. The van der Waals surface area contributed by atoms with Crippen molar-refractivity contribution in [2.24, 2.45) is 4.99 Å². The summed E-state index contributed by atoms with van der Waals surface area (Å²) in [6, 6.07) is 8.16. The lowest BCUT2D eigenvalue weighted by Gasteiger charge is -1.97. The molecule has 13 heavy (non-hydrogen) atoms. The van der Waals surface area contributed by atoms with Crippen molar-refractivity contribution < 1.29 is 0 Å². The Morgan fingerprint density at radius 1 is 1.31 bits per heavy atom. The molecule has 0 saturated heterocycles. The van der Waals surface area contributed by atoms with Crippen molar-refractivity contribution in [3.05, 3.63) is 30.1 Å². The number of nitrogens with zero attached hydrogens (tertiary/aromatic N) is 3. The first-order chi connectivity index (χ1) is 6.36. The van der Waals surface area contributed by atoms with Crippen molar-refractivity contribution in [1.29, 1.82) is 0 Å². The SMILES string of the molecule is CC1=NCc2nc3ccccc3n21. The molecule has 0 atom stereocenters. The van der Waals surface area contributed by atoms with Crippen molar-refractivity contribution in [1.82, 2.24) is 9.55 Å². The zero-order chi connectivity index (χ0) is 8.84. The van der Waals surface area contributed by atoms with Crippen LogP contribution in [0, 0.1) is 0 Å². The van der Waals surface area contributed by atoms with E-state index in [1.54, 1.807) is 0 Å². The summed E-state index contributed by atoms with van der Waals surface area (Å²) in [5.41, 5.74) is 2.23. The average molecular weight is 171 g/mol. The number of imidazole rings is 1. The van der Waals surface area contributed by atoms with E-state index in [1.165, 1.54) is 0 Å². The first kappa shape index (κ1) is 6.83. The maximum Gasteiger partial charge on any atom is 0.137 e. The Morgan fingerprint density at radius 2 is 2.15 bits per heavy atom. The average Bonchev–Trinajstić information content (AvgIpc) is 2.66. The number of aromatic nitrogens is 2. The van der Waals surface area contributed by atoms with Gasteiger partial charge in [0.05, 0.1) is 17.6 Å². The Morgan fingerprint density at radius 3 is 3.08 bits per heavy atom. The maximum absolute atomic E-state index is 4.49. The third-order valence-electron chi connectivity index (χ3n) is 2.40. The van der Waals surface area contributed by atoms with Gasteiger partial charge in [-0.05, 0) is 19.1 Å². The van der Waals surface area contributed by atoms with Gasteiger partial charge in [-0.2, -0.15) is 0 Å². The van der Waals surface area contributed by atoms with Crippen LogP contribution in [-0.2, 0) is 6.54 Å². The highest BCUT2D eigenvalue weighted by molar-refractivity contribution is 5.94. The van der Waals surface area contributed by atoms with E-state index in [1.807, 2.05) is 25.1 Å². The first-order valence-corrected chi connectivity index (χ1v) is 4.34. The zero-order valence-corrected chi connectivity index (χ0v) is 7.36. The van der Waals surface area contributed by atoms with Gasteiger partial charge in [-0.1, -0.05) is 12.1 Å². The van der Waals surface area contributed by atoms with E-state index in [-0.39, 0.29) is 0 Å². The summed E-state index contributed by atoms with van der Waals surface area (Å²) in [5.74, 6) is 2.10. The van der Waals surface area contributed by atoms with Gasteiger partial charge in [-0.25, -0.2) is 4.98 Å². The van der Waals surface area contributed by atoms with Crippen molar-refractivity contribution in [3.63, 3.8) is 0 Å². The van der Waals surface area contributed by atoms with Crippen molar-refractivity contribution >= 4 is 16.9 Å². The summed E-state index contributed by atoms with van der Waals surface area (Å²) in [6.45, 7) is 2.74. The van der Waals surface area contributed by atoms with Gasteiger partial charge in [0, 0.05) is 0 Å². The molecule has 3 heteroatoms. The van der Waals surface area contributed by atoms with Crippen LogP contribution in [0.25, 0.3) is 11.0 Å². The molecule has 1 aliphatic heterocycles. The summed E-state index contributed by atoms with van der Waals surface area (Å²) in [5, 5.41) is 0. The second-order valence-electron chi connectivity index (χ2n) is 3.22. The standard InChI is InChI=1S/C10H9N3/c1-7-11-6-10-12-8-4-2-3-5-9(8)13(7)10/h2-5H,6H2,1H3. The van der Waals surface area contributed by atoms with E-state index >= 15 is 0 Å². The van der Waals surface area contributed by atoms with Gasteiger partial charge >= 0.3 is 0 Å². The molecular weight excluding hydrogens is 162 g/mol. The van der Waals surface area contributed by atoms with Gasteiger partial charge < -0.3 is 0 Å². The highest BCUT2D eigenvalue weighted by atomic mass is 15.2. The fraction of sp³-hybridized carbons (Fsp3) is 0.200. The normalized spacial score (nSPS) is 14.7. The molecule has 0 radical (unpaired) electrons. The van der Waals surface area contributed by atoms with E-state index in [4.69, 9.17) is 0 Å². The summed E-state index contributed by atoms with van der Waals surface area (Å²) >= 11 is 0. The van der Waals surface area contributed by atoms with E-state index in [9.17, 15) is 0 Å². The van der Waals surface area contributed by atoms with Crippen molar-refractivity contribution in [2.45, 2.75) is 13.5 Å². The van der Waals surface area contributed by atoms with Gasteiger partial charge in [0.2, 0.25) is 0 Å². The summed E-state index contributed by atoms with van der Waals surface area (Å²) in [4.78, 5) is 8.82. The molecule has 0 unspecified atom stereocenters. The largest absolute Gasteiger partial charge is 0.283 e. The molecule has 0 amide bonds. The summed E-state index contributed by atoms with van der Waals surface area (Å²) in [6.07, 6.45) is 0. The predicted octanol–water partition coefficient (Wildman–Crippen LogP) is 1.82. The molecule has 0 bridgehead atoms. The fourth-order valence-corrected chi connectivity index (χ4v) is 1.80. The molecule has 0 fully saturated rings. The molecule has 0 N–H and O–H groups in total. The fourth-order valence-electron chi connectivity index (χ4n) is 1.80. The zero-order valence-electron chi connectivity index (χ0n) is 7.36. The number of aliphatic imine (C=N–C) groups is 1. The number of hydrogen-bond acceptors (Lipinski definition) is 2. The van der Waals surface area contributed by atoms with E-state index in [0.29, 0.717) is 0 Å². The number of rotatable bonds is 0. The third-order valence-corrected chi connectivity index (χ3v) is 2.40. The van der Waals surface area contributed by atoms with Gasteiger partial charge in [-0.15, -0.1) is 0 Å². The van der Waals surface area contributed by atoms with Gasteiger partial charge in [0.25, 0.3) is 0 Å². The number of para-hydroxylation sites is 2. The minimum absolute atomic E-state index is 0.723. The van der Waals surface area contributed by atoms with Crippen LogP contribution in [0.15, 0.2) is 29.3 Å². The number of benzene rings is 1. The second kappa shape index (κ2) is 2.19. The lowest BCUT2D eigenvalue weighted by Crippen LogP contribution is -2.03. The second-order valence-corrected chi connectivity index (χ2v) is 3.22. The van der Waals surface area contributed by atoms with Crippen LogP contribution in [0.4, 0.5) is 0 Å². The smallest absolute Gasteiger partial charge is 0.137 e. The lowest BCUT2D eigenvalue weighted by atomic mass is 10.3. The Bertz CT molecular complexity index is 508. The van der Waals surface area contributed by atoms with Crippen molar-refractivity contribution in [3.8, 4) is 0 Å². The molecule has 1 aromatic carbocycles. The van der Waals surface area contributed by atoms with Gasteiger partial charge in [-0.3, -0.25) is 9.56 Å². The van der Waals surface area contributed by atoms with Gasteiger partial charge in [0.1, 0.15) is 11.7 Å². The number of fused-ring (bicyclic) bond motifs is 3. The molecule has 2 aromatic rings. The van der Waals surface area contributed by atoms with Crippen LogP contribution >= 0.6 is 0 Å². The Hall–Kier alpha value is -1.64.